The average molecular weight is 313 g/mol. The maximum Gasteiger partial charge on any atom is 0.317 e. The number of benzene rings is 1. The molecule has 0 radical (unpaired) electrons. The van der Waals surface area contributed by atoms with Crippen molar-refractivity contribution >= 4 is 11.7 Å². The molecule has 0 atom stereocenters. The molecular weight excluding hydrogens is 290 g/mol. The van der Waals surface area contributed by atoms with Crippen LogP contribution in [0.5, 0.6) is 0 Å². The predicted molar refractivity (Wildman–Crippen MR) is 90.6 cm³/mol. The van der Waals surface area contributed by atoms with Gasteiger partial charge in [-0.3, -0.25) is 0 Å². The van der Waals surface area contributed by atoms with Gasteiger partial charge in [-0.15, -0.1) is 0 Å². The Morgan fingerprint density at radius 3 is 2.78 bits per heavy atom. The fourth-order valence-corrected chi connectivity index (χ4v) is 2.82. The molecule has 2 aromatic rings. The molecule has 1 aliphatic rings. The lowest BCUT2D eigenvalue weighted by Crippen LogP contribution is -2.52. The first kappa shape index (κ1) is 15.4. The number of aromatic nitrogens is 2. The van der Waals surface area contributed by atoms with E-state index in [2.05, 4.69) is 46.4 Å². The lowest BCUT2D eigenvalue weighted by Gasteiger charge is -2.36. The highest BCUT2D eigenvalue weighted by atomic mass is 16.2. The molecule has 0 spiro atoms. The van der Waals surface area contributed by atoms with Gasteiger partial charge in [-0.05, 0) is 24.6 Å². The number of urea groups is 1. The van der Waals surface area contributed by atoms with Gasteiger partial charge in [0, 0.05) is 57.3 Å². The van der Waals surface area contributed by atoms with Crippen molar-refractivity contribution in [3.05, 3.63) is 48.5 Å². The van der Waals surface area contributed by atoms with Crippen molar-refractivity contribution in [2.75, 3.05) is 37.6 Å². The molecule has 6 nitrogen and oxygen atoms in total. The largest absolute Gasteiger partial charge is 0.368 e. The van der Waals surface area contributed by atoms with E-state index in [1.807, 2.05) is 15.7 Å². The van der Waals surface area contributed by atoms with Crippen molar-refractivity contribution < 1.29 is 4.79 Å². The van der Waals surface area contributed by atoms with Gasteiger partial charge in [-0.2, -0.15) is 0 Å². The zero-order chi connectivity index (χ0) is 16.1. The van der Waals surface area contributed by atoms with Crippen LogP contribution in [-0.4, -0.2) is 53.2 Å². The minimum absolute atomic E-state index is 0.0222. The SMILES string of the molecule is Cc1cccc(N2CCN(C(=O)NCCn3ccnc3)CC2)c1. The Morgan fingerprint density at radius 2 is 2.09 bits per heavy atom. The summed E-state index contributed by atoms with van der Waals surface area (Å²) in [4.78, 5) is 20.4. The molecule has 0 bridgehead atoms. The van der Waals surface area contributed by atoms with Crippen LogP contribution < -0.4 is 10.2 Å². The van der Waals surface area contributed by atoms with E-state index in [1.165, 1.54) is 11.3 Å². The molecule has 0 aliphatic carbocycles. The van der Waals surface area contributed by atoms with Crippen molar-refractivity contribution in [1.82, 2.24) is 19.8 Å². The lowest BCUT2D eigenvalue weighted by molar-refractivity contribution is 0.194. The van der Waals surface area contributed by atoms with Crippen molar-refractivity contribution in [3.8, 4) is 0 Å². The van der Waals surface area contributed by atoms with E-state index in [-0.39, 0.29) is 6.03 Å². The summed E-state index contributed by atoms with van der Waals surface area (Å²) in [7, 11) is 0. The van der Waals surface area contributed by atoms with Crippen LogP contribution in [0.2, 0.25) is 0 Å². The number of nitrogens with zero attached hydrogens (tertiary/aromatic N) is 4. The van der Waals surface area contributed by atoms with Crippen LogP contribution in [-0.2, 0) is 6.54 Å². The number of nitrogens with one attached hydrogen (secondary N) is 1. The summed E-state index contributed by atoms with van der Waals surface area (Å²) in [6, 6.07) is 8.54. The van der Waals surface area contributed by atoms with Crippen LogP contribution in [0.3, 0.4) is 0 Å². The van der Waals surface area contributed by atoms with E-state index in [0.717, 1.165) is 32.7 Å². The number of hydrogen-bond acceptors (Lipinski definition) is 3. The second-order valence-electron chi connectivity index (χ2n) is 5.85. The molecule has 6 heteroatoms. The summed E-state index contributed by atoms with van der Waals surface area (Å²) < 4.78 is 1.95. The van der Waals surface area contributed by atoms with Gasteiger partial charge in [-0.25, -0.2) is 9.78 Å². The van der Waals surface area contributed by atoms with Crippen molar-refractivity contribution in [2.45, 2.75) is 13.5 Å². The lowest BCUT2D eigenvalue weighted by atomic mass is 10.2. The van der Waals surface area contributed by atoms with Gasteiger partial charge in [0.25, 0.3) is 0 Å². The quantitative estimate of drug-likeness (QED) is 0.935. The molecule has 1 aromatic carbocycles. The van der Waals surface area contributed by atoms with E-state index >= 15 is 0 Å². The molecule has 122 valence electrons. The Balaban J connectivity index is 1.44. The molecule has 3 rings (SSSR count). The summed E-state index contributed by atoms with van der Waals surface area (Å²) in [5.41, 5.74) is 2.51. The van der Waals surface area contributed by atoms with E-state index in [9.17, 15) is 4.79 Å². The Labute approximate surface area is 136 Å². The summed E-state index contributed by atoms with van der Waals surface area (Å²) in [6.45, 7) is 6.72. The molecule has 0 saturated carbocycles. The molecule has 0 unspecified atom stereocenters. The zero-order valence-electron chi connectivity index (χ0n) is 13.5. The first-order valence-electron chi connectivity index (χ1n) is 8.02. The van der Waals surface area contributed by atoms with E-state index < -0.39 is 0 Å². The molecule has 1 N–H and O–H groups in total. The molecule has 2 heterocycles. The minimum Gasteiger partial charge on any atom is -0.368 e. The Hall–Kier alpha value is -2.50. The summed E-state index contributed by atoms with van der Waals surface area (Å²) in [6.07, 6.45) is 5.39. The Bertz CT molecular complexity index is 632. The highest BCUT2D eigenvalue weighted by molar-refractivity contribution is 5.74. The Morgan fingerprint density at radius 1 is 1.26 bits per heavy atom. The fraction of sp³-hybridized carbons (Fsp3) is 0.412. The zero-order valence-corrected chi connectivity index (χ0v) is 13.5. The topological polar surface area (TPSA) is 53.4 Å². The molecule has 1 aliphatic heterocycles. The van der Waals surface area contributed by atoms with Gasteiger partial charge >= 0.3 is 6.03 Å². The number of imidazole rings is 1. The first-order valence-corrected chi connectivity index (χ1v) is 8.02. The third-order valence-electron chi connectivity index (χ3n) is 4.14. The highest BCUT2D eigenvalue weighted by Crippen LogP contribution is 2.17. The second-order valence-corrected chi connectivity index (χ2v) is 5.85. The average Bonchev–Trinajstić information content (AvgIpc) is 3.08. The second kappa shape index (κ2) is 7.17. The van der Waals surface area contributed by atoms with Crippen LogP contribution in [0.15, 0.2) is 43.0 Å². The van der Waals surface area contributed by atoms with E-state index in [1.54, 1.807) is 12.5 Å². The van der Waals surface area contributed by atoms with Gasteiger partial charge in [-0.1, -0.05) is 12.1 Å². The predicted octanol–water partition coefficient (Wildman–Crippen LogP) is 1.72. The van der Waals surface area contributed by atoms with Crippen molar-refractivity contribution in [1.29, 1.82) is 0 Å². The van der Waals surface area contributed by atoms with Crippen LogP contribution in [0.4, 0.5) is 10.5 Å². The maximum absolute atomic E-state index is 12.2. The van der Waals surface area contributed by atoms with E-state index in [0.29, 0.717) is 6.54 Å². The number of hydrogen-bond donors (Lipinski definition) is 1. The van der Waals surface area contributed by atoms with Crippen LogP contribution >= 0.6 is 0 Å². The molecule has 1 fully saturated rings. The molecule has 23 heavy (non-hydrogen) atoms. The monoisotopic (exact) mass is 313 g/mol. The van der Waals surface area contributed by atoms with Crippen molar-refractivity contribution in [3.63, 3.8) is 0 Å². The number of aryl methyl sites for hydroxylation is 1. The smallest absolute Gasteiger partial charge is 0.317 e. The summed E-state index contributed by atoms with van der Waals surface area (Å²) >= 11 is 0. The number of carbonyl (C=O) groups excluding carboxylic acids is 1. The number of anilines is 1. The minimum atomic E-state index is 0.0222. The number of rotatable bonds is 4. The van der Waals surface area contributed by atoms with Gasteiger partial charge < -0.3 is 19.7 Å². The molecule has 1 saturated heterocycles. The van der Waals surface area contributed by atoms with Gasteiger partial charge in [0.2, 0.25) is 0 Å². The van der Waals surface area contributed by atoms with Gasteiger partial charge in [0.1, 0.15) is 0 Å². The molecule has 1 aromatic heterocycles. The third-order valence-corrected chi connectivity index (χ3v) is 4.14. The van der Waals surface area contributed by atoms with E-state index in [4.69, 9.17) is 0 Å². The molecular formula is C17H23N5O. The number of carbonyl (C=O) groups is 1. The van der Waals surface area contributed by atoms with Crippen LogP contribution in [0.1, 0.15) is 5.56 Å². The summed E-state index contributed by atoms with van der Waals surface area (Å²) in [5, 5.41) is 2.97. The number of piperazine rings is 1. The fourth-order valence-electron chi connectivity index (χ4n) is 2.82. The number of amides is 2. The first-order chi connectivity index (χ1) is 11.2. The normalized spacial score (nSPS) is 14.8. The standard InChI is InChI=1S/C17H23N5O/c1-15-3-2-4-16(13-15)21-9-11-22(12-10-21)17(23)19-6-8-20-7-5-18-14-20/h2-5,7,13-14H,6,8-12H2,1H3,(H,19,23). The third kappa shape index (κ3) is 4.03. The highest BCUT2D eigenvalue weighted by Gasteiger charge is 2.20. The molecule has 2 amide bonds. The van der Waals surface area contributed by atoms with Gasteiger partial charge in [0.05, 0.1) is 6.33 Å². The van der Waals surface area contributed by atoms with Gasteiger partial charge in [0.15, 0.2) is 0 Å². The Kier molecular flexibility index (Phi) is 4.80. The maximum atomic E-state index is 12.2. The van der Waals surface area contributed by atoms with Crippen LogP contribution in [0, 0.1) is 6.92 Å². The summed E-state index contributed by atoms with van der Waals surface area (Å²) in [5.74, 6) is 0. The van der Waals surface area contributed by atoms with Crippen LogP contribution in [0.25, 0.3) is 0 Å². The van der Waals surface area contributed by atoms with Crippen molar-refractivity contribution in [2.24, 2.45) is 0 Å².